The van der Waals surface area contributed by atoms with Crippen molar-refractivity contribution in [2.45, 2.75) is 4.59 Å². The first-order valence-electron chi connectivity index (χ1n) is 1.52. The highest BCUT2D eigenvalue weighted by Gasteiger charge is 2.19. The van der Waals surface area contributed by atoms with E-state index in [-0.39, 0.29) is 6.08 Å². The van der Waals surface area contributed by atoms with E-state index in [1.165, 1.54) is 0 Å². The van der Waals surface area contributed by atoms with Crippen LogP contribution in [0.4, 0.5) is 13.2 Å². The molecule has 0 bridgehead atoms. The van der Waals surface area contributed by atoms with Gasteiger partial charge in [-0.3, -0.25) is 0 Å². The van der Waals surface area contributed by atoms with E-state index < -0.39 is 10.7 Å². The number of allylic oxidation sites excluding steroid dienone is 1. The second-order valence-corrected chi connectivity index (χ2v) is 2.27. The molecule has 0 aromatic rings. The van der Waals surface area contributed by atoms with E-state index >= 15 is 0 Å². The summed E-state index contributed by atoms with van der Waals surface area (Å²) in [5, 5.41) is 0. The van der Waals surface area contributed by atoms with Crippen molar-refractivity contribution in [1.82, 2.24) is 0 Å². The molecule has 0 spiro atoms. The first-order chi connectivity index (χ1) is 3.42. The number of hydrogen-bond acceptors (Lipinski definition) is 0. The predicted molar refractivity (Wildman–Crippen MR) is 25.8 cm³/mol. The molecule has 0 unspecified atom stereocenters. The van der Waals surface area contributed by atoms with E-state index in [9.17, 15) is 13.2 Å². The van der Waals surface area contributed by atoms with E-state index in [4.69, 9.17) is 0 Å². The summed E-state index contributed by atoms with van der Waals surface area (Å²) in [4.78, 5) is 0. The van der Waals surface area contributed by atoms with Crippen molar-refractivity contribution < 1.29 is 13.2 Å². The number of rotatable bonds is 1. The molecular weight excluding hydrogens is 164 g/mol. The molecule has 0 aliphatic carbocycles. The van der Waals surface area contributed by atoms with Gasteiger partial charge in [0.05, 0.1) is 0 Å². The van der Waals surface area contributed by atoms with Crippen LogP contribution < -0.4 is 0 Å². The van der Waals surface area contributed by atoms with Gasteiger partial charge in [-0.05, 0) is 0 Å². The van der Waals surface area contributed by atoms with Crippen LogP contribution in [-0.2, 0) is 0 Å². The van der Waals surface area contributed by atoms with Crippen LogP contribution in [0.3, 0.4) is 0 Å². The van der Waals surface area contributed by atoms with Crippen LogP contribution in [-0.4, -0.2) is 4.59 Å². The fourth-order valence-corrected chi connectivity index (χ4v) is 0.289. The van der Waals surface area contributed by atoms with Crippen LogP contribution in [0.2, 0.25) is 0 Å². The molecule has 0 saturated heterocycles. The minimum absolute atomic E-state index is 0.198. The Morgan fingerprint density at radius 3 is 1.75 bits per heavy atom. The van der Waals surface area contributed by atoms with Gasteiger partial charge < -0.3 is 0 Å². The van der Waals surface area contributed by atoms with Gasteiger partial charge in [-0.25, -0.2) is 4.39 Å². The van der Waals surface area contributed by atoms with E-state index in [2.05, 4.69) is 23.2 Å². The third-order valence-electron chi connectivity index (χ3n) is 0.273. The maximum Gasteiger partial charge on any atom is 0.281 e. The predicted octanol–water partition coefficient (Wildman–Crippen LogP) is 2.87. The summed E-state index contributed by atoms with van der Waals surface area (Å²) in [6.07, 6.45) is -2.44. The second-order valence-electron chi connectivity index (χ2n) is 0.976. The van der Waals surface area contributed by atoms with E-state index in [1.807, 2.05) is 0 Å². The van der Waals surface area contributed by atoms with Crippen LogP contribution in [0.25, 0.3) is 0 Å². The Balaban J connectivity index is 3.89. The normalized spacial score (nSPS) is 11.1. The third kappa shape index (κ3) is 6.11. The molecule has 48 valence electrons. The van der Waals surface area contributed by atoms with Crippen LogP contribution >= 0.6 is 23.2 Å². The summed E-state index contributed by atoms with van der Waals surface area (Å²) in [7, 11) is 0. The van der Waals surface area contributed by atoms with Crippen molar-refractivity contribution in [3.05, 3.63) is 12.2 Å². The highest BCUT2D eigenvalue weighted by molar-refractivity contribution is 6.48. The Morgan fingerprint density at radius 2 is 1.75 bits per heavy atom. The van der Waals surface area contributed by atoms with Gasteiger partial charge in [-0.1, -0.05) is 23.2 Å². The van der Waals surface area contributed by atoms with Crippen LogP contribution in [0.15, 0.2) is 12.2 Å². The van der Waals surface area contributed by atoms with Crippen LogP contribution in [0, 0.1) is 0 Å². The minimum atomic E-state index is -2.95. The van der Waals surface area contributed by atoms with Gasteiger partial charge in [0.2, 0.25) is 0 Å². The zero-order valence-corrected chi connectivity index (χ0v) is 4.98. The molecule has 0 N–H and O–H groups in total. The first kappa shape index (κ1) is 8.11. The van der Waals surface area contributed by atoms with Crippen molar-refractivity contribution in [1.29, 1.82) is 0 Å². The molecule has 5 heteroatoms. The highest BCUT2D eigenvalue weighted by Crippen LogP contribution is 2.25. The fraction of sp³-hybridized carbons (Fsp3) is 0.333. The molecule has 0 aromatic heterocycles. The molecule has 0 aromatic carbocycles. The Hall–Kier alpha value is 0.110. The Kier molecular flexibility index (Phi) is 2.63. The van der Waals surface area contributed by atoms with E-state index in [0.29, 0.717) is 0 Å². The number of hydrogen-bond donors (Lipinski definition) is 0. The Bertz CT molecular complexity index is 99.6. The summed E-state index contributed by atoms with van der Waals surface area (Å²) in [6.45, 7) is 0. The molecule has 0 fully saturated rings. The minimum Gasteiger partial charge on any atom is -0.203 e. The maximum absolute atomic E-state index is 11.6. The average Bonchev–Trinajstić information content (AvgIpc) is 1.21. The lowest BCUT2D eigenvalue weighted by atomic mass is 10.7. The molecule has 0 saturated carbocycles. The quantitative estimate of drug-likeness (QED) is 0.524. The molecular formula is C3HCl2F3. The Morgan fingerprint density at radius 1 is 1.38 bits per heavy atom. The largest absolute Gasteiger partial charge is 0.281 e. The molecule has 8 heavy (non-hydrogen) atoms. The maximum atomic E-state index is 11.6. The molecule has 0 aliphatic rings. The molecule has 0 nitrogen and oxygen atoms in total. The third-order valence-corrected chi connectivity index (χ3v) is 0.491. The van der Waals surface area contributed by atoms with Gasteiger partial charge in [0.15, 0.2) is 0 Å². The summed E-state index contributed by atoms with van der Waals surface area (Å²) in [5.74, 6) is 0. The summed E-state index contributed by atoms with van der Waals surface area (Å²) in [5.41, 5.74) is 0. The van der Waals surface area contributed by atoms with Gasteiger partial charge >= 0.3 is 0 Å². The molecule has 0 rings (SSSR count). The van der Waals surface area contributed by atoms with E-state index in [1.54, 1.807) is 0 Å². The highest BCUT2D eigenvalue weighted by atomic mass is 35.5. The average molecular weight is 165 g/mol. The SMILES string of the molecule is FC(F)=CC(F)(Cl)Cl. The smallest absolute Gasteiger partial charge is 0.203 e. The van der Waals surface area contributed by atoms with Gasteiger partial charge in [0.25, 0.3) is 10.7 Å². The zero-order valence-electron chi connectivity index (χ0n) is 3.47. The van der Waals surface area contributed by atoms with Crippen molar-refractivity contribution >= 4 is 23.2 Å². The number of halogens is 5. The number of alkyl halides is 3. The van der Waals surface area contributed by atoms with E-state index in [0.717, 1.165) is 0 Å². The van der Waals surface area contributed by atoms with Crippen LogP contribution in [0.1, 0.15) is 0 Å². The standard InChI is InChI=1S/C3HCl2F3/c4-3(5,8)1-2(6)7/h1H. The first-order valence-corrected chi connectivity index (χ1v) is 2.28. The molecule has 0 radical (unpaired) electrons. The lowest BCUT2D eigenvalue weighted by molar-refractivity contribution is 0.389. The van der Waals surface area contributed by atoms with Gasteiger partial charge in [0.1, 0.15) is 0 Å². The second kappa shape index (κ2) is 2.60. The van der Waals surface area contributed by atoms with Crippen molar-refractivity contribution in [3.8, 4) is 0 Å². The summed E-state index contributed by atoms with van der Waals surface area (Å²) >= 11 is 8.94. The fourth-order valence-electron chi connectivity index (χ4n) is 0.124. The van der Waals surface area contributed by atoms with Crippen molar-refractivity contribution in [2.24, 2.45) is 0 Å². The van der Waals surface area contributed by atoms with Gasteiger partial charge in [-0.2, -0.15) is 8.78 Å². The van der Waals surface area contributed by atoms with Crippen molar-refractivity contribution in [2.75, 3.05) is 0 Å². The van der Waals surface area contributed by atoms with Gasteiger partial charge in [0, 0.05) is 6.08 Å². The lowest BCUT2D eigenvalue weighted by Crippen LogP contribution is -1.96. The molecule has 0 heterocycles. The van der Waals surface area contributed by atoms with Gasteiger partial charge in [-0.15, -0.1) is 0 Å². The Labute approximate surface area is 53.9 Å². The molecule has 0 aliphatic heterocycles. The molecule has 0 amide bonds. The summed E-state index contributed by atoms with van der Waals surface area (Å²) in [6, 6.07) is 0. The molecule has 0 atom stereocenters. The zero-order chi connectivity index (χ0) is 6.78. The lowest BCUT2D eigenvalue weighted by Gasteiger charge is -1.97. The van der Waals surface area contributed by atoms with Crippen molar-refractivity contribution in [3.63, 3.8) is 0 Å². The summed E-state index contributed by atoms with van der Waals surface area (Å²) < 4.78 is 30.6. The topological polar surface area (TPSA) is 0 Å². The van der Waals surface area contributed by atoms with Crippen LogP contribution in [0.5, 0.6) is 0 Å². The monoisotopic (exact) mass is 164 g/mol.